The molecular weight excluding hydrogens is 237 g/mol. The first-order valence-electron chi connectivity index (χ1n) is 4.55. The van der Waals surface area contributed by atoms with Crippen molar-refractivity contribution in [3.63, 3.8) is 0 Å². The predicted molar refractivity (Wildman–Crippen MR) is 61.9 cm³/mol. The van der Waals surface area contributed by atoms with Crippen LogP contribution in [0.25, 0.3) is 0 Å². The number of methoxy groups -OCH3 is 1. The van der Waals surface area contributed by atoms with Gasteiger partial charge in [-0.3, -0.25) is 0 Å². The molecule has 0 fully saturated rings. The molecule has 0 unspecified atom stereocenters. The van der Waals surface area contributed by atoms with Crippen LogP contribution >= 0.6 is 23.2 Å². The van der Waals surface area contributed by atoms with Crippen molar-refractivity contribution in [2.24, 2.45) is 0 Å². The second-order valence-corrected chi connectivity index (χ2v) is 3.68. The highest BCUT2D eigenvalue weighted by Gasteiger charge is 2.07. The molecule has 0 aliphatic rings. The van der Waals surface area contributed by atoms with Crippen LogP contribution in [0.1, 0.15) is 0 Å². The summed E-state index contributed by atoms with van der Waals surface area (Å²) in [5.41, 5.74) is 0. The fourth-order valence-corrected chi connectivity index (χ4v) is 1.39. The van der Waals surface area contributed by atoms with Gasteiger partial charge >= 0.3 is 0 Å². The molecule has 0 saturated carbocycles. The zero-order chi connectivity index (χ0) is 11.1. The van der Waals surface area contributed by atoms with Gasteiger partial charge in [-0.1, -0.05) is 11.6 Å². The maximum Gasteiger partial charge on any atom is 0.225 e. The summed E-state index contributed by atoms with van der Waals surface area (Å²) in [5.74, 6) is 1.15. The molecule has 15 heavy (non-hydrogen) atoms. The Morgan fingerprint density at radius 2 is 2.00 bits per heavy atom. The van der Waals surface area contributed by atoms with E-state index in [0.717, 1.165) is 0 Å². The van der Waals surface area contributed by atoms with Gasteiger partial charge in [-0.25, -0.2) is 9.97 Å². The lowest BCUT2D eigenvalue weighted by Gasteiger charge is -2.20. The summed E-state index contributed by atoms with van der Waals surface area (Å²) < 4.78 is 5.00. The third-order valence-corrected chi connectivity index (χ3v) is 2.17. The second kappa shape index (κ2) is 6.82. The molecule has 0 aliphatic carbocycles. The van der Waals surface area contributed by atoms with Crippen molar-refractivity contribution in [2.75, 3.05) is 37.6 Å². The molecular formula is C9H13Cl2N3O. The van der Waals surface area contributed by atoms with Crippen LogP contribution in [0.2, 0.25) is 5.02 Å². The number of ether oxygens (including phenoxy) is 1. The van der Waals surface area contributed by atoms with Crippen LogP contribution in [-0.4, -0.2) is 42.7 Å². The molecule has 1 aromatic heterocycles. The third-order valence-electron chi connectivity index (χ3n) is 1.81. The molecule has 6 heteroatoms. The molecule has 0 aliphatic heterocycles. The first-order valence-corrected chi connectivity index (χ1v) is 5.46. The zero-order valence-electron chi connectivity index (χ0n) is 8.49. The van der Waals surface area contributed by atoms with Gasteiger partial charge in [-0.15, -0.1) is 11.6 Å². The van der Waals surface area contributed by atoms with E-state index in [1.165, 1.54) is 0 Å². The molecule has 1 aromatic rings. The average Bonchev–Trinajstić information content (AvgIpc) is 2.25. The number of rotatable bonds is 6. The first kappa shape index (κ1) is 12.5. The summed E-state index contributed by atoms with van der Waals surface area (Å²) >= 11 is 11.4. The van der Waals surface area contributed by atoms with E-state index in [0.29, 0.717) is 36.5 Å². The lowest BCUT2D eigenvalue weighted by Crippen LogP contribution is -2.30. The summed E-state index contributed by atoms with van der Waals surface area (Å²) in [7, 11) is 1.65. The molecule has 84 valence electrons. The number of halogens is 2. The van der Waals surface area contributed by atoms with E-state index in [-0.39, 0.29) is 0 Å². The zero-order valence-corrected chi connectivity index (χ0v) is 10.0. The van der Waals surface area contributed by atoms with E-state index in [1.54, 1.807) is 19.5 Å². The number of nitrogens with zero attached hydrogens (tertiary/aromatic N) is 3. The number of anilines is 1. The van der Waals surface area contributed by atoms with Gasteiger partial charge < -0.3 is 9.64 Å². The van der Waals surface area contributed by atoms with Gasteiger partial charge in [0.05, 0.1) is 24.0 Å². The molecule has 0 spiro atoms. The minimum atomic E-state index is 0.524. The number of hydrogen-bond acceptors (Lipinski definition) is 4. The SMILES string of the molecule is COCCN(CCCl)c1ncc(Cl)cn1. The summed E-state index contributed by atoms with van der Waals surface area (Å²) in [6.45, 7) is 2.01. The Morgan fingerprint density at radius 1 is 1.33 bits per heavy atom. The average molecular weight is 250 g/mol. The largest absolute Gasteiger partial charge is 0.383 e. The van der Waals surface area contributed by atoms with E-state index < -0.39 is 0 Å². The van der Waals surface area contributed by atoms with Crippen molar-refractivity contribution in [1.29, 1.82) is 0 Å². The monoisotopic (exact) mass is 249 g/mol. The quantitative estimate of drug-likeness (QED) is 0.722. The van der Waals surface area contributed by atoms with Crippen LogP contribution < -0.4 is 4.90 Å². The molecule has 0 aromatic carbocycles. The van der Waals surface area contributed by atoms with Crippen molar-refractivity contribution < 1.29 is 4.74 Å². The molecule has 4 nitrogen and oxygen atoms in total. The highest BCUT2D eigenvalue weighted by molar-refractivity contribution is 6.30. The van der Waals surface area contributed by atoms with E-state index in [4.69, 9.17) is 27.9 Å². The molecule has 0 bridgehead atoms. The molecule has 0 saturated heterocycles. The lowest BCUT2D eigenvalue weighted by atomic mass is 10.5. The van der Waals surface area contributed by atoms with Gasteiger partial charge in [0.1, 0.15) is 0 Å². The highest BCUT2D eigenvalue weighted by Crippen LogP contribution is 2.10. The number of hydrogen-bond donors (Lipinski definition) is 0. The van der Waals surface area contributed by atoms with Crippen LogP contribution in [0.5, 0.6) is 0 Å². The Bertz CT molecular complexity index is 281. The van der Waals surface area contributed by atoms with Crippen molar-refractivity contribution in [3.8, 4) is 0 Å². The van der Waals surface area contributed by atoms with Gasteiger partial charge in [-0.2, -0.15) is 0 Å². The summed E-state index contributed by atoms with van der Waals surface area (Å²) in [5, 5.41) is 0.524. The molecule has 0 N–H and O–H groups in total. The van der Waals surface area contributed by atoms with Crippen LogP contribution in [0.15, 0.2) is 12.4 Å². The normalized spacial score (nSPS) is 10.3. The van der Waals surface area contributed by atoms with E-state index in [9.17, 15) is 0 Å². The molecule has 0 radical (unpaired) electrons. The Kier molecular flexibility index (Phi) is 5.68. The van der Waals surface area contributed by atoms with Gasteiger partial charge in [-0.05, 0) is 0 Å². The van der Waals surface area contributed by atoms with Crippen molar-refractivity contribution in [3.05, 3.63) is 17.4 Å². The highest BCUT2D eigenvalue weighted by atomic mass is 35.5. The molecule has 0 atom stereocenters. The maximum absolute atomic E-state index is 5.70. The Balaban J connectivity index is 2.65. The summed E-state index contributed by atoms with van der Waals surface area (Å²) in [4.78, 5) is 10.2. The molecule has 0 amide bonds. The van der Waals surface area contributed by atoms with Crippen LogP contribution in [-0.2, 0) is 4.74 Å². The second-order valence-electron chi connectivity index (χ2n) is 2.87. The first-order chi connectivity index (χ1) is 7.27. The van der Waals surface area contributed by atoms with Gasteiger partial charge in [0.15, 0.2) is 0 Å². The van der Waals surface area contributed by atoms with Crippen molar-refractivity contribution >= 4 is 29.2 Å². The van der Waals surface area contributed by atoms with Crippen molar-refractivity contribution in [2.45, 2.75) is 0 Å². The smallest absolute Gasteiger partial charge is 0.225 e. The maximum atomic E-state index is 5.70. The fourth-order valence-electron chi connectivity index (χ4n) is 1.08. The topological polar surface area (TPSA) is 38.2 Å². The minimum absolute atomic E-state index is 0.524. The Labute approximate surface area is 99.2 Å². The van der Waals surface area contributed by atoms with Crippen molar-refractivity contribution in [1.82, 2.24) is 9.97 Å². The Morgan fingerprint density at radius 3 is 2.53 bits per heavy atom. The summed E-state index contributed by atoms with van der Waals surface area (Å²) in [6, 6.07) is 0. The van der Waals surface area contributed by atoms with Crippen LogP contribution in [0.3, 0.4) is 0 Å². The standard InChI is InChI=1S/C9H13Cl2N3O/c1-15-5-4-14(3-2-10)9-12-6-8(11)7-13-9/h6-7H,2-5H2,1H3. The van der Waals surface area contributed by atoms with Gasteiger partial charge in [0.2, 0.25) is 5.95 Å². The van der Waals surface area contributed by atoms with Gasteiger partial charge in [0, 0.05) is 26.1 Å². The van der Waals surface area contributed by atoms with E-state index in [2.05, 4.69) is 9.97 Å². The predicted octanol–water partition coefficient (Wildman–Crippen LogP) is 1.82. The molecule has 1 heterocycles. The summed E-state index contributed by atoms with van der Waals surface area (Å²) in [6.07, 6.45) is 3.13. The van der Waals surface area contributed by atoms with E-state index in [1.807, 2.05) is 4.90 Å². The van der Waals surface area contributed by atoms with Crippen LogP contribution in [0, 0.1) is 0 Å². The minimum Gasteiger partial charge on any atom is -0.383 e. The number of aromatic nitrogens is 2. The van der Waals surface area contributed by atoms with Crippen LogP contribution in [0.4, 0.5) is 5.95 Å². The number of alkyl halides is 1. The Hall–Kier alpha value is -0.580. The fraction of sp³-hybridized carbons (Fsp3) is 0.556. The lowest BCUT2D eigenvalue weighted by molar-refractivity contribution is 0.205. The molecule has 1 rings (SSSR count). The van der Waals surface area contributed by atoms with E-state index >= 15 is 0 Å². The third kappa shape index (κ3) is 4.20. The van der Waals surface area contributed by atoms with Gasteiger partial charge in [0.25, 0.3) is 0 Å².